The average Bonchev–Trinajstić information content (AvgIpc) is 2.90. The number of fused-ring (bicyclic) bond motifs is 2. The molecule has 0 radical (unpaired) electrons. The number of hydrogen-bond acceptors (Lipinski definition) is 1. The Labute approximate surface area is 127 Å². The molecule has 0 atom stereocenters. The highest BCUT2D eigenvalue weighted by Gasteiger charge is 2.06. The molecular formula is C18H13ClN2. The summed E-state index contributed by atoms with van der Waals surface area (Å²) in [5.74, 6) is 0. The number of aromatic nitrogens is 2. The Balaban J connectivity index is 1.85. The molecule has 0 saturated carbocycles. The lowest BCUT2D eigenvalue weighted by Crippen LogP contribution is -1.99. The van der Waals surface area contributed by atoms with Gasteiger partial charge in [0, 0.05) is 34.9 Å². The summed E-state index contributed by atoms with van der Waals surface area (Å²) >= 11 is 6.12. The number of para-hydroxylation sites is 1. The molecule has 0 aliphatic rings. The SMILES string of the molecule is Clc1ccc2ccn(Cc3cccc4cccnc34)c2c1. The van der Waals surface area contributed by atoms with Crippen molar-refractivity contribution in [1.82, 2.24) is 9.55 Å². The van der Waals surface area contributed by atoms with E-state index in [-0.39, 0.29) is 0 Å². The van der Waals surface area contributed by atoms with Crippen molar-refractivity contribution < 1.29 is 0 Å². The maximum absolute atomic E-state index is 6.12. The van der Waals surface area contributed by atoms with Crippen molar-refractivity contribution >= 4 is 33.4 Å². The van der Waals surface area contributed by atoms with Crippen molar-refractivity contribution in [2.75, 3.05) is 0 Å². The van der Waals surface area contributed by atoms with Crippen molar-refractivity contribution in [2.45, 2.75) is 6.54 Å². The highest BCUT2D eigenvalue weighted by atomic mass is 35.5. The first-order valence-electron chi connectivity index (χ1n) is 6.88. The Hall–Kier alpha value is -2.32. The Bertz CT molecular complexity index is 935. The second-order valence-electron chi connectivity index (χ2n) is 5.14. The van der Waals surface area contributed by atoms with Crippen molar-refractivity contribution in [1.29, 1.82) is 0 Å². The van der Waals surface area contributed by atoms with Gasteiger partial charge in [0.05, 0.1) is 5.52 Å². The molecule has 0 amide bonds. The lowest BCUT2D eigenvalue weighted by atomic mass is 10.1. The Kier molecular flexibility index (Phi) is 2.90. The van der Waals surface area contributed by atoms with Gasteiger partial charge in [0.25, 0.3) is 0 Å². The van der Waals surface area contributed by atoms with Crippen LogP contribution in [-0.4, -0.2) is 9.55 Å². The van der Waals surface area contributed by atoms with E-state index in [9.17, 15) is 0 Å². The topological polar surface area (TPSA) is 17.8 Å². The lowest BCUT2D eigenvalue weighted by Gasteiger charge is -2.08. The molecule has 4 rings (SSSR count). The van der Waals surface area contributed by atoms with Gasteiger partial charge in [-0.1, -0.05) is 41.9 Å². The quantitative estimate of drug-likeness (QED) is 0.514. The van der Waals surface area contributed by atoms with Gasteiger partial charge in [0.1, 0.15) is 0 Å². The van der Waals surface area contributed by atoms with Gasteiger partial charge in [0.2, 0.25) is 0 Å². The molecule has 4 aromatic rings. The van der Waals surface area contributed by atoms with Crippen LogP contribution >= 0.6 is 11.6 Å². The molecule has 2 aromatic heterocycles. The second kappa shape index (κ2) is 4.90. The van der Waals surface area contributed by atoms with Gasteiger partial charge in [-0.25, -0.2) is 0 Å². The predicted octanol–water partition coefficient (Wildman–Crippen LogP) is 4.89. The Morgan fingerprint density at radius 1 is 0.952 bits per heavy atom. The van der Waals surface area contributed by atoms with Gasteiger partial charge >= 0.3 is 0 Å². The predicted molar refractivity (Wildman–Crippen MR) is 87.8 cm³/mol. The molecule has 2 heterocycles. The number of nitrogens with zero attached hydrogens (tertiary/aromatic N) is 2. The fraction of sp³-hybridized carbons (Fsp3) is 0.0556. The summed E-state index contributed by atoms with van der Waals surface area (Å²) in [6.07, 6.45) is 3.94. The van der Waals surface area contributed by atoms with E-state index in [4.69, 9.17) is 11.6 Å². The molecule has 0 aliphatic carbocycles. The third kappa shape index (κ3) is 2.18. The monoisotopic (exact) mass is 292 g/mol. The maximum atomic E-state index is 6.12. The molecule has 0 aliphatic heterocycles. The van der Waals surface area contributed by atoms with Crippen LogP contribution in [0.1, 0.15) is 5.56 Å². The zero-order valence-corrected chi connectivity index (χ0v) is 12.1. The van der Waals surface area contributed by atoms with E-state index < -0.39 is 0 Å². The van der Waals surface area contributed by atoms with Crippen molar-refractivity contribution in [2.24, 2.45) is 0 Å². The molecule has 2 nitrogen and oxygen atoms in total. The molecule has 21 heavy (non-hydrogen) atoms. The van der Waals surface area contributed by atoms with Crippen molar-refractivity contribution in [3.8, 4) is 0 Å². The first-order chi connectivity index (χ1) is 10.3. The van der Waals surface area contributed by atoms with E-state index in [1.165, 1.54) is 16.3 Å². The largest absolute Gasteiger partial charge is 0.343 e. The van der Waals surface area contributed by atoms with E-state index in [1.807, 2.05) is 24.4 Å². The Morgan fingerprint density at radius 3 is 2.81 bits per heavy atom. The minimum atomic E-state index is 0.762. The summed E-state index contributed by atoms with van der Waals surface area (Å²) in [6.45, 7) is 0.790. The number of rotatable bonds is 2. The highest BCUT2D eigenvalue weighted by molar-refractivity contribution is 6.31. The first-order valence-corrected chi connectivity index (χ1v) is 7.26. The van der Waals surface area contributed by atoms with Gasteiger partial charge in [-0.2, -0.15) is 0 Å². The number of benzene rings is 2. The van der Waals surface area contributed by atoms with Gasteiger partial charge in [-0.15, -0.1) is 0 Å². The third-order valence-corrected chi connectivity index (χ3v) is 4.03. The molecule has 0 spiro atoms. The van der Waals surface area contributed by atoms with Crippen LogP contribution in [0.15, 0.2) is 67.0 Å². The summed E-state index contributed by atoms with van der Waals surface area (Å²) in [5, 5.41) is 3.13. The molecule has 0 unspecified atom stereocenters. The zero-order chi connectivity index (χ0) is 14.2. The standard InChI is InChI=1S/C18H13ClN2/c19-16-7-6-13-8-10-21(17(13)11-16)12-15-4-1-3-14-5-2-9-20-18(14)15/h1-11H,12H2. The molecule has 0 fully saturated rings. The molecule has 2 aromatic carbocycles. The van der Waals surface area contributed by atoms with Crippen LogP contribution in [0.4, 0.5) is 0 Å². The third-order valence-electron chi connectivity index (χ3n) is 3.79. The second-order valence-corrected chi connectivity index (χ2v) is 5.58. The van der Waals surface area contributed by atoms with E-state index in [0.717, 1.165) is 22.6 Å². The van der Waals surface area contributed by atoms with Crippen LogP contribution in [0.2, 0.25) is 5.02 Å². The number of halogens is 1. The minimum Gasteiger partial charge on any atom is -0.343 e. The molecule has 0 saturated heterocycles. The maximum Gasteiger partial charge on any atom is 0.0751 e. The average molecular weight is 293 g/mol. The van der Waals surface area contributed by atoms with Crippen LogP contribution in [0.5, 0.6) is 0 Å². The van der Waals surface area contributed by atoms with Crippen LogP contribution in [0.25, 0.3) is 21.8 Å². The number of pyridine rings is 1. The van der Waals surface area contributed by atoms with E-state index in [2.05, 4.69) is 52.1 Å². The summed E-state index contributed by atoms with van der Waals surface area (Å²) in [7, 11) is 0. The van der Waals surface area contributed by atoms with Gasteiger partial charge in [0.15, 0.2) is 0 Å². The normalized spacial score (nSPS) is 11.3. The van der Waals surface area contributed by atoms with Crippen LogP contribution in [0, 0.1) is 0 Å². The fourth-order valence-electron chi connectivity index (χ4n) is 2.77. The summed E-state index contributed by atoms with van der Waals surface area (Å²) < 4.78 is 2.21. The van der Waals surface area contributed by atoms with Crippen LogP contribution in [-0.2, 0) is 6.54 Å². The van der Waals surface area contributed by atoms with Gasteiger partial charge < -0.3 is 4.57 Å². The fourth-order valence-corrected chi connectivity index (χ4v) is 2.94. The highest BCUT2D eigenvalue weighted by Crippen LogP contribution is 2.23. The number of hydrogen-bond donors (Lipinski definition) is 0. The minimum absolute atomic E-state index is 0.762. The van der Waals surface area contributed by atoms with Gasteiger partial charge in [-0.05, 0) is 35.2 Å². The van der Waals surface area contributed by atoms with Crippen LogP contribution < -0.4 is 0 Å². The van der Waals surface area contributed by atoms with Crippen molar-refractivity contribution in [3.05, 3.63) is 77.6 Å². The van der Waals surface area contributed by atoms with E-state index in [0.29, 0.717) is 0 Å². The lowest BCUT2D eigenvalue weighted by molar-refractivity contribution is 0.841. The van der Waals surface area contributed by atoms with Gasteiger partial charge in [-0.3, -0.25) is 4.98 Å². The smallest absolute Gasteiger partial charge is 0.0751 e. The first kappa shape index (κ1) is 12.4. The molecule has 102 valence electrons. The zero-order valence-electron chi connectivity index (χ0n) is 11.3. The van der Waals surface area contributed by atoms with Crippen molar-refractivity contribution in [3.63, 3.8) is 0 Å². The summed E-state index contributed by atoms with van der Waals surface area (Å²) in [4.78, 5) is 4.52. The summed E-state index contributed by atoms with van der Waals surface area (Å²) in [5.41, 5.74) is 3.42. The molecule has 3 heteroatoms. The molecule has 0 bridgehead atoms. The van der Waals surface area contributed by atoms with E-state index >= 15 is 0 Å². The van der Waals surface area contributed by atoms with E-state index in [1.54, 1.807) is 0 Å². The molecular weight excluding hydrogens is 280 g/mol. The summed E-state index contributed by atoms with van der Waals surface area (Å²) in [6, 6.07) is 18.5. The Morgan fingerprint density at radius 2 is 1.86 bits per heavy atom. The molecule has 0 N–H and O–H groups in total. The van der Waals surface area contributed by atoms with Crippen LogP contribution in [0.3, 0.4) is 0 Å².